The van der Waals surface area contributed by atoms with Crippen molar-refractivity contribution in [3.63, 3.8) is 0 Å². The summed E-state index contributed by atoms with van der Waals surface area (Å²) >= 11 is 0. The monoisotopic (exact) mass is 355 g/mol. The number of benzene rings is 3. The summed E-state index contributed by atoms with van der Waals surface area (Å²) in [7, 11) is 0. The largest absolute Gasteiger partial charge is 0.349 e. The molecule has 0 aliphatic carbocycles. The Morgan fingerprint density at radius 2 is 1.22 bits per heavy atom. The van der Waals surface area contributed by atoms with E-state index in [2.05, 4.69) is 41.7 Å². The highest BCUT2D eigenvalue weighted by Gasteiger charge is 2.17. The van der Waals surface area contributed by atoms with Crippen molar-refractivity contribution in [3.05, 3.63) is 107 Å². The summed E-state index contributed by atoms with van der Waals surface area (Å²) in [5.41, 5.74) is 4.42. The van der Waals surface area contributed by atoms with E-state index in [1.807, 2.05) is 74.5 Å². The molecule has 1 unspecified atom stereocenters. The molecule has 0 aliphatic heterocycles. The smallest absolute Gasteiger partial charge is 0.227 e. The van der Waals surface area contributed by atoms with Crippen LogP contribution in [0.3, 0.4) is 0 Å². The topological polar surface area (TPSA) is 29.1 Å². The van der Waals surface area contributed by atoms with Gasteiger partial charge in [-0.1, -0.05) is 97.1 Å². The van der Waals surface area contributed by atoms with Crippen LogP contribution < -0.4 is 5.32 Å². The highest BCUT2D eigenvalue weighted by molar-refractivity contribution is 5.83. The van der Waals surface area contributed by atoms with Gasteiger partial charge in [0.05, 0.1) is 12.0 Å². The van der Waals surface area contributed by atoms with Crippen molar-refractivity contribution >= 4 is 18.1 Å². The van der Waals surface area contributed by atoms with Crippen molar-refractivity contribution in [2.45, 2.75) is 25.8 Å². The zero-order valence-corrected chi connectivity index (χ0v) is 15.8. The van der Waals surface area contributed by atoms with Gasteiger partial charge in [-0.15, -0.1) is 0 Å². The Morgan fingerprint density at radius 3 is 1.81 bits per heavy atom. The van der Waals surface area contributed by atoms with E-state index >= 15 is 0 Å². The molecule has 0 saturated carbocycles. The second-order valence-corrected chi connectivity index (χ2v) is 6.77. The van der Waals surface area contributed by atoms with Crippen molar-refractivity contribution in [1.29, 1.82) is 0 Å². The second-order valence-electron chi connectivity index (χ2n) is 6.77. The standard InChI is InChI=1S/C25H25NO/c1-19(25(27)26-20(2)24-11-7-4-8-12-24)23-17-15-22(16-18-23)14-13-21-9-5-3-6-10-21/h3-20H,1-2H3,(H,26,27)/b14-13+/t19?,20-/m0/s1. The normalized spacial score (nSPS) is 13.3. The van der Waals surface area contributed by atoms with E-state index in [9.17, 15) is 4.79 Å². The van der Waals surface area contributed by atoms with Crippen LogP contribution >= 0.6 is 0 Å². The molecule has 3 rings (SSSR count). The van der Waals surface area contributed by atoms with Crippen molar-refractivity contribution in [1.82, 2.24) is 5.32 Å². The molecule has 0 saturated heterocycles. The summed E-state index contributed by atoms with van der Waals surface area (Å²) in [6.07, 6.45) is 4.17. The van der Waals surface area contributed by atoms with E-state index in [-0.39, 0.29) is 17.9 Å². The number of hydrogen-bond donors (Lipinski definition) is 1. The molecule has 0 radical (unpaired) electrons. The lowest BCUT2D eigenvalue weighted by Crippen LogP contribution is -2.30. The fourth-order valence-corrected chi connectivity index (χ4v) is 2.97. The molecule has 1 amide bonds. The van der Waals surface area contributed by atoms with Crippen LogP contribution in [0.15, 0.2) is 84.9 Å². The minimum atomic E-state index is -0.191. The van der Waals surface area contributed by atoms with Gasteiger partial charge in [-0.25, -0.2) is 0 Å². The van der Waals surface area contributed by atoms with Crippen LogP contribution in [0.4, 0.5) is 0 Å². The van der Waals surface area contributed by atoms with Crippen LogP contribution in [0.2, 0.25) is 0 Å². The van der Waals surface area contributed by atoms with Crippen LogP contribution in [0.1, 0.15) is 48.1 Å². The van der Waals surface area contributed by atoms with E-state index in [4.69, 9.17) is 0 Å². The van der Waals surface area contributed by atoms with Crippen molar-refractivity contribution in [3.8, 4) is 0 Å². The van der Waals surface area contributed by atoms with Gasteiger partial charge < -0.3 is 5.32 Å². The van der Waals surface area contributed by atoms with Gasteiger partial charge in [0.25, 0.3) is 0 Å². The van der Waals surface area contributed by atoms with Gasteiger partial charge in [0.2, 0.25) is 5.91 Å². The first-order valence-electron chi connectivity index (χ1n) is 9.32. The van der Waals surface area contributed by atoms with Gasteiger partial charge in [-0.05, 0) is 36.1 Å². The molecule has 0 heterocycles. The molecule has 3 aromatic carbocycles. The average Bonchev–Trinajstić information content (AvgIpc) is 2.73. The van der Waals surface area contributed by atoms with Gasteiger partial charge >= 0.3 is 0 Å². The number of amides is 1. The third kappa shape index (κ3) is 5.18. The Hall–Kier alpha value is -3.13. The maximum Gasteiger partial charge on any atom is 0.227 e. The number of carbonyl (C=O) groups excluding carboxylic acids is 1. The number of hydrogen-bond acceptors (Lipinski definition) is 1. The molecule has 1 N–H and O–H groups in total. The quantitative estimate of drug-likeness (QED) is 0.553. The third-order valence-electron chi connectivity index (χ3n) is 4.76. The predicted octanol–water partition coefficient (Wildman–Crippen LogP) is 5.84. The molecule has 0 aromatic heterocycles. The lowest BCUT2D eigenvalue weighted by molar-refractivity contribution is -0.122. The molecule has 2 nitrogen and oxygen atoms in total. The second kappa shape index (κ2) is 9.00. The Morgan fingerprint density at radius 1 is 0.704 bits per heavy atom. The molecule has 2 heteroatoms. The zero-order valence-electron chi connectivity index (χ0n) is 15.8. The van der Waals surface area contributed by atoms with Crippen LogP contribution in [0.5, 0.6) is 0 Å². The summed E-state index contributed by atoms with van der Waals surface area (Å²) < 4.78 is 0. The van der Waals surface area contributed by atoms with Crippen LogP contribution in [0, 0.1) is 0 Å². The molecule has 0 spiro atoms. The summed E-state index contributed by atoms with van der Waals surface area (Å²) in [6.45, 7) is 3.96. The van der Waals surface area contributed by atoms with E-state index in [0.29, 0.717) is 0 Å². The fourth-order valence-electron chi connectivity index (χ4n) is 2.97. The summed E-state index contributed by atoms with van der Waals surface area (Å²) in [6, 6.07) is 28.4. The lowest BCUT2D eigenvalue weighted by Gasteiger charge is -2.18. The van der Waals surface area contributed by atoms with Crippen LogP contribution in [0.25, 0.3) is 12.2 Å². The Kier molecular flexibility index (Phi) is 6.22. The van der Waals surface area contributed by atoms with Crippen molar-refractivity contribution in [2.75, 3.05) is 0 Å². The first-order chi connectivity index (χ1) is 13.1. The molecule has 0 fully saturated rings. The van der Waals surface area contributed by atoms with E-state index < -0.39 is 0 Å². The average molecular weight is 355 g/mol. The molecular formula is C25H25NO. The lowest BCUT2D eigenvalue weighted by atomic mass is 9.98. The molecule has 27 heavy (non-hydrogen) atoms. The molecule has 0 bridgehead atoms. The molecular weight excluding hydrogens is 330 g/mol. The number of rotatable bonds is 6. The molecule has 2 atom stereocenters. The number of nitrogens with one attached hydrogen (secondary N) is 1. The van der Waals surface area contributed by atoms with Gasteiger partial charge in [0.1, 0.15) is 0 Å². The Bertz CT molecular complexity index is 883. The summed E-state index contributed by atoms with van der Waals surface area (Å²) in [5, 5.41) is 3.10. The van der Waals surface area contributed by atoms with E-state index in [1.165, 1.54) is 5.56 Å². The SMILES string of the molecule is CC(C(=O)N[C@@H](C)c1ccccc1)c1ccc(/C=C/c2ccccc2)cc1. The van der Waals surface area contributed by atoms with E-state index in [1.54, 1.807) is 0 Å². The van der Waals surface area contributed by atoms with Crippen molar-refractivity contribution < 1.29 is 4.79 Å². The first kappa shape index (κ1) is 18.7. The number of carbonyl (C=O) groups is 1. The highest BCUT2D eigenvalue weighted by Crippen LogP contribution is 2.19. The summed E-state index contributed by atoms with van der Waals surface area (Å²) in [4.78, 5) is 12.6. The predicted molar refractivity (Wildman–Crippen MR) is 113 cm³/mol. The Balaban J connectivity index is 1.62. The third-order valence-corrected chi connectivity index (χ3v) is 4.76. The minimum absolute atomic E-state index is 0.00534. The van der Waals surface area contributed by atoms with E-state index in [0.717, 1.165) is 16.7 Å². The summed E-state index contributed by atoms with van der Waals surface area (Å²) in [5.74, 6) is -0.151. The zero-order chi connectivity index (χ0) is 19.1. The molecule has 136 valence electrons. The van der Waals surface area contributed by atoms with Crippen molar-refractivity contribution in [2.24, 2.45) is 0 Å². The Labute approximate surface area is 161 Å². The minimum Gasteiger partial charge on any atom is -0.349 e. The molecule has 3 aromatic rings. The van der Waals surface area contributed by atoms with Gasteiger partial charge in [0.15, 0.2) is 0 Å². The fraction of sp³-hybridized carbons (Fsp3) is 0.160. The molecule has 0 aliphatic rings. The highest BCUT2D eigenvalue weighted by atomic mass is 16.1. The first-order valence-corrected chi connectivity index (χ1v) is 9.32. The van der Waals surface area contributed by atoms with Crippen LogP contribution in [-0.4, -0.2) is 5.91 Å². The van der Waals surface area contributed by atoms with Gasteiger partial charge in [-0.3, -0.25) is 4.79 Å². The van der Waals surface area contributed by atoms with Crippen LogP contribution in [-0.2, 0) is 4.79 Å². The van der Waals surface area contributed by atoms with Gasteiger partial charge in [-0.2, -0.15) is 0 Å². The van der Waals surface area contributed by atoms with Gasteiger partial charge in [0, 0.05) is 0 Å². The maximum absolute atomic E-state index is 12.6. The maximum atomic E-state index is 12.6.